The van der Waals surface area contributed by atoms with Crippen LogP contribution in [0.5, 0.6) is 17.2 Å². The highest BCUT2D eigenvalue weighted by atomic mass is 16.5. The molecular formula is C23H28N2O4. The average Bonchev–Trinajstić information content (AvgIpc) is 2.74. The third kappa shape index (κ3) is 3.53. The zero-order chi connectivity index (χ0) is 20.5. The van der Waals surface area contributed by atoms with Gasteiger partial charge in [0, 0.05) is 43.7 Å². The Morgan fingerprint density at radius 1 is 1.10 bits per heavy atom. The molecule has 2 aromatic rings. The van der Waals surface area contributed by atoms with Gasteiger partial charge in [-0.3, -0.25) is 9.69 Å². The third-order valence-electron chi connectivity index (χ3n) is 6.06. The Hall–Kier alpha value is -2.73. The summed E-state index contributed by atoms with van der Waals surface area (Å²) in [6.07, 6.45) is 1.91. The molecule has 2 heterocycles. The van der Waals surface area contributed by atoms with Gasteiger partial charge in [-0.05, 0) is 41.7 Å². The largest absolute Gasteiger partial charge is 0.496 e. The summed E-state index contributed by atoms with van der Waals surface area (Å²) in [4.78, 5) is 13.8. The predicted molar refractivity (Wildman–Crippen MR) is 111 cm³/mol. The van der Waals surface area contributed by atoms with Gasteiger partial charge in [0.15, 0.2) is 11.5 Å². The van der Waals surface area contributed by atoms with E-state index in [9.17, 15) is 4.79 Å². The van der Waals surface area contributed by atoms with Crippen LogP contribution >= 0.6 is 0 Å². The van der Waals surface area contributed by atoms with E-state index >= 15 is 0 Å². The fourth-order valence-electron chi connectivity index (χ4n) is 4.61. The summed E-state index contributed by atoms with van der Waals surface area (Å²) in [7, 11) is 5.07. The number of amides is 1. The van der Waals surface area contributed by atoms with Gasteiger partial charge >= 0.3 is 0 Å². The van der Waals surface area contributed by atoms with E-state index in [0.717, 1.165) is 48.7 Å². The lowest BCUT2D eigenvalue weighted by atomic mass is 9.83. The maximum atomic E-state index is 11.3. The average molecular weight is 396 g/mol. The zero-order valence-electron chi connectivity index (χ0n) is 17.5. The number of ether oxygens (including phenoxy) is 3. The first kappa shape index (κ1) is 19.6. The minimum absolute atomic E-state index is 0.0400. The van der Waals surface area contributed by atoms with Crippen molar-refractivity contribution in [2.45, 2.75) is 38.9 Å². The maximum absolute atomic E-state index is 11.3. The number of rotatable bonds is 5. The van der Waals surface area contributed by atoms with Crippen molar-refractivity contribution in [3.05, 3.63) is 52.1 Å². The highest BCUT2D eigenvalue weighted by Gasteiger charge is 2.34. The van der Waals surface area contributed by atoms with Crippen molar-refractivity contribution in [1.29, 1.82) is 0 Å². The van der Waals surface area contributed by atoms with Crippen LogP contribution in [0.1, 0.15) is 40.8 Å². The van der Waals surface area contributed by atoms with Gasteiger partial charge in [-0.1, -0.05) is 12.1 Å². The van der Waals surface area contributed by atoms with Gasteiger partial charge in [-0.15, -0.1) is 0 Å². The lowest BCUT2D eigenvalue weighted by Gasteiger charge is -2.42. The Morgan fingerprint density at radius 3 is 2.55 bits per heavy atom. The second-order valence-corrected chi connectivity index (χ2v) is 7.65. The SMILES string of the molecule is COc1cc2c(cc1OC)C1Cc3ccc(CNC(C)=O)c(OC)c3CN1CC2. The predicted octanol–water partition coefficient (Wildman–Crippen LogP) is 3.00. The number of methoxy groups -OCH3 is 3. The van der Waals surface area contributed by atoms with Crippen LogP contribution in [0.15, 0.2) is 24.3 Å². The van der Waals surface area contributed by atoms with Gasteiger partial charge in [-0.25, -0.2) is 0 Å². The third-order valence-corrected chi connectivity index (χ3v) is 6.06. The van der Waals surface area contributed by atoms with Gasteiger partial charge in [0.25, 0.3) is 0 Å². The van der Waals surface area contributed by atoms with Crippen LogP contribution < -0.4 is 19.5 Å². The van der Waals surface area contributed by atoms with Gasteiger partial charge in [0.2, 0.25) is 5.91 Å². The smallest absolute Gasteiger partial charge is 0.217 e. The summed E-state index contributed by atoms with van der Waals surface area (Å²) in [5, 5.41) is 2.88. The number of nitrogens with zero attached hydrogens (tertiary/aromatic N) is 1. The van der Waals surface area contributed by atoms with Gasteiger partial charge in [0.05, 0.1) is 21.3 Å². The number of nitrogens with one attached hydrogen (secondary N) is 1. The fraction of sp³-hybridized carbons (Fsp3) is 0.435. The van der Waals surface area contributed by atoms with Crippen LogP contribution in [0.3, 0.4) is 0 Å². The molecule has 1 atom stereocenters. The fourth-order valence-corrected chi connectivity index (χ4v) is 4.61. The van der Waals surface area contributed by atoms with Crippen molar-refractivity contribution in [1.82, 2.24) is 10.2 Å². The molecule has 2 aliphatic rings. The van der Waals surface area contributed by atoms with Crippen molar-refractivity contribution < 1.29 is 19.0 Å². The minimum Gasteiger partial charge on any atom is -0.496 e. The van der Waals surface area contributed by atoms with Gasteiger partial charge < -0.3 is 19.5 Å². The Morgan fingerprint density at radius 2 is 1.86 bits per heavy atom. The standard InChI is InChI=1S/C23H28N2O4/c1-14(26)24-12-17-6-5-15-9-20-18-11-22(28-3)21(27-2)10-16(18)7-8-25(20)13-19(15)23(17)29-4/h5-6,10-11,20H,7-9,12-13H2,1-4H3,(H,24,26). The molecule has 0 spiro atoms. The Kier molecular flexibility index (Phi) is 5.37. The van der Waals surface area contributed by atoms with Crippen molar-refractivity contribution >= 4 is 5.91 Å². The molecular weight excluding hydrogens is 368 g/mol. The number of fused-ring (bicyclic) bond motifs is 4. The van der Waals surface area contributed by atoms with E-state index in [4.69, 9.17) is 14.2 Å². The molecule has 2 aromatic carbocycles. The molecule has 29 heavy (non-hydrogen) atoms. The van der Waals surface area contributed by atoms with E-state index in [-0.39, 0.29) is 5.91 Å². The molecule has 1 amide bonds. The monoisotopic (exact) mass is 396 g/mol. The molecule has 0 fully saturated rings. The highest BCUT2D eigenvalue weighted by Crippen LogP contribution is 2.44. The first-order valence-electron chi connectivity index (χ1n) is 9.96. The topological polar surface area (TPSA) is 60.0 Å². The van der Waals surface area contributed by atoms with Crippen LogP contribution in [-0.4, -0.2) is 38.7 Å². The summed E-state index contributed by atoms with van der Waals surface area (Å²) in [6, 6.07) is 8.83. The zero-order valence-corrected chi connectivity index (χ0v) is 17.5. The summed E-state index contributed by atoms with van der Waals surface area (Å²) >= 11 is 0. The molecule has 1 N–H and O–H groups in total. The number of hydrogen-bond acceptors (Lipinski definition) is 5. The second kappa shape index (κ2) is 7.95. The minimum atomic E-state index is -0.0400. The van der Waals surface area contributed by atoms with Crippen molar-refractivity contribution in [3.8, 4) is 17.2 Å². The molecule has 0 saturated carbocycles. The van der Waals surface area contributed by atoms with Crippen molar-refractivity contribution in [2.24, 2.45) is 0 Å². The molecule has 2 aliphatic heterocycles. The van der Waals surface area contributed by atoms with Crippen LogP contribution in [-0.2, 0) is 30.7 Å². The first-order valence-corrected chi connectivity index (χ1v) is 9.96. The van der Waals surface area contributed by atoms with E-state index in [1.54, 1.807) is 21.3 Å². The lowest BCUT2D eigenvalue weighted by Crippen LogP contribution is -2.39. The van der Waals surface area contributed by atoms with Crippen LogP contribution in [0, 0.1) is 0 Å². The number of benzene rings is 2. The second-order valence-electron chi connectivity index (χ2n) is 7.65. The number of carbonyl (C=O) groups excluding carboxylic acids is 1. The van der Waals surface area contributed by atoms with E-state index in [1.165, 1.54) is 29.2 Å². The first-order chi connectivity index (χ1) is 14.0. The van der Waals surface area contributed by atoms with Gasteiger partial charge in [-0.2, -0.15) is 0 Å². The molecule has 6 nitrogen and oxygen atoms in total. The number of carbonyl (C=O) groups is 1. The highest BCUT2D eigenvalue weighted by molar-refractivity contribution is 5.73. The van der Waals surface area contributed by atoms with E-state index < -0.39 is 0 Å². The Bertz CT molecular complexity index is 941. The molecule has 0 saturated heterocycles. The van der Waals surface area contributed by atoms with Crippen LogP contribution in [0.25, 0.3) is 0 Å². The molecule has 0 aliphatic carbocycles. The normalized spacial score (nSPS) is 17.6. The molecule has 0 radical (unpaired) electrons. The van der Waals surface area contributed by atoms with E-state index in [0.29, 0.717) is 12.6 Å². The molecule has 0 aromatic heterocycles. The van der Waals surface area contributed by atoms with E-state index in [1.807, 2.05) is 0 Å². The van der Waals surface area contributed by atoms with E-state index in [2.05, 4.69) is 34.5 Å². The van der Waals surface area contributed by atoms with Gasteiger partial charge in [0.1, 0.15) is 5.75 Å². The quantitative estimate of drug-likeness (QED) is 0.842. The van der Waals surface area contributed by atoms with Crippen LogP contribution in [0.4, 0.5) is 0 Å². The summed E-state index contributed by atoms with van der Waals surface area (Å²) in [5.74, 6) is 2.43. The Balaban J connectivity index is 1.70. The Labute approximate surface area is 171 Å². The molecule has 0 bridgehead atoms. The molecule has 1 unspecified atom stereocenters. The van der Waals surface area contributed by atoms with Crippen LogP contribution in [0.2, 0.25) is 0 Å². The lowest BCUT2D eigenvalue weighted by molar-refractivity contribution is -0.119. The van der Waals surface area contributed by atoms with Crippen molar-refractivity contribution in [3.63, 3.8) is 0 Å². The van der Waals surface area contributed by atoms with Crippen molar-refractivity contribution in [2.75, 3.05) is 27.9 Å². The molecule has 4 rings (SSSR count). The molecule has 6 heteroatoms. The summed E-state index contributed by atoms with van der Waals surface area (Å²) in [6.45, 7) is 3.84. The number of hydrogen-bond donors (Lipinski definition) is 1. The summed E-state index contributed by atoms with van der Waals surface area (Å²) in [5.41, 5.74) is 6.21. The maximum Gasteiger partial charge on any atom is 0.217 e. The summed E-state index contributed by atoms with van der Waals surface area (Å²) < 4.78 is 16.8. The molecule has 154 valence electrons.